The van der Waals surface area contributed by atoms with Crippen LogP contribution < -0.4 is 5.32 Å². The molecule has 0 spiro atoms. The molecular weight excluding hydrogens is 383 g/mol. The van der Waals surface area contributed by atoms with Crippen LogP contribution in [0.5, 0.6) is 0 Å². The molecule has 1 N–H and O–H groups in total. The molecular formula is C19H11FN4O5. The third-order valence-corrected chi connectivity index (χ3v) is 3.88. The highest BCUT2D eigenvalue weighted by Crippen LogP contribution is 2.26. The summed E-state index contributed by atoms with van der Waals surface area (Å²) in [6.07, 6.45) is 1.48. The van der Waals surface area contributed by atoms with Crippen LogP contribution in [0.15, 0.2) is 69.7 Å². The fourth-order valence-corrected chi connectivity index (χ4v) is 2.58. The zero-order valence-electron chi connectivity index (χ0n) is 14.5. The van der Waals surface area contributed by atoms with E-state index in [1.165, 1.54) is 6.26 Å². The van der Waals surface area contributed by atoms with E-state index < -0.39 is 22.3 Å². The van der Waals surface area contributed by atoms with Gasteiger partial charge in [0.1, 0.15) is 5.82 Å². The van der Waals surface area contributed by atoms with Crippen LogP contribution in [0.2, 0.25) is 0 Å². The number of aromatic nitrogens is 2. The lowest BCUT2D eigenvalue weighted by Gasteiger charge is -2.06. The summed E-state index contributed by atoms with van der Waals surface area (Å²) in [4.78, 5) is 22.5. The van der Waals surface area contributed by atoms with E-state index in [4.69, 9.17) is 8.83 Å². The lowest BCUT2D eigenvalue weighted by atomic mass is 10.1. The summed E-state index contributed by atoms with van der Waals surface area (Å²) in [6, 6.07) is 12.5. The number of hydrogen-bond donors (Lipinski definition) is 1. The molecule has 2 heterocycles. The van der Waals surface area contributed by atoms with Crippen LogP contribution in [0.3, 0.4) is 0 Å². The number of anilines is 1. The molecule has 0 aliphatic carbocycles. The number of non-ortho nitro benzene ring substituents is 1. The first-order valence-electron chi connectivity index (χ1n) is 8.24. The number of benzene rings is 2. The highest BCUT2D eigenvalue weighted by Gasteiger charge is 2.16. The number of amides is 1. The van der Waals surface area contributed by atoms with Crippen LogP contribution >= 0.6 is 0 Å². The summed E-state index contributed by atoms with van der Waals surface area (Å²) in [7, 11) is 0. The van der Waals surface area contributed by atoms with Gasteiger partial charge in [-0.2, -0.15) is 0 Å². The van der Waals surface area contributed by atoms with Gasteiger partial charge in [-0.25, -0.2) is 4.39 Å². The first-order chi connectivity index (χ1) is 14.0. The maximum absolute atomic E-state index is 13.6. The number of nitrogens with one attached hydrogen (secondary N) is 1. The summed E-state index contributed by atoms with van der Waals surface area (Å²) >= 11 is 0. The van der Waals surface area contributed by atoms with Crippen LogP contribution in [0, 0.1) is 15.9 Å². The van der Waals surface area contributed by atoms with Crippen LogP contribution in [-0.2, 0) is 0 Å². The molecule has 0 saturated heterocycles. The summed E-state index contributed by atoms with van der Waals surface area (Å²) in [5.74, 6) is -0.762. The van der Waals surface area contributed by atoms with E-state index in [1.807, 2.05) is 0 Å². The maximum atomic E-state index is 13.6. The molecule has 0 saturated carbocycles. The number of hydrogen-bond acceptors (Lipinski definition) is 7. The number of nitrogens with zero attached hydrogens (tertiary/aromatic N) is 3. The minimum atomic E-state index is -0.880. The van der Waals surface area contributed by atoms with E-state index >= 15 is 0 Å². The van der Waals surface area contributed by atoms with Gasteiger partial charge in [0.2, 0.25) is 5.89 Å². The Balaban J connectivity index is 1.57. The number of nitro benzene ring substituents is 1. The quantitative estimate of drug-likeness (QED) is 0.395. The third kappa shape index (κ3) is 3.86. The van der Waals surface area contributed by atoms with Crippen molar-refractivity contribution >= 4 is 17.3 Å². The first kappa shape index (κ1) is 18.0. The number of carbonyl (C=O) groups excluding carboxylic acids is 1. The second-order valence-corrected chi connectivity index (χ2v) is 5.88. The summed E-state index contributed by atoms with van der Waals surface area (Å²) in [5, 5.41) is 21.3. The minimum absolute atomic E-state index is 0.181. The summed E-state index contributed by atoms with van der Waals surface area (Å²) in [5.41, 5.74) is 0.190. The van der Waals surface area contributed by atoms with E-state index in [0.29, 0.717) is 17.0 Å². The highest BCUT2D eigenvalue weighted by atomic mass is 19.1. The van der Waals surface area contributed by atoms with Gasteiger partial charge in [-0.3, -0.25) is 14.9 Å². The molecule has 10 heteroatoms. The molecule has 2 aromatic heterocycles. The van der Waals surface area contributed by atoms with Gasteiger partial charge in [-0.05, 0) is 36.4 Å². The normalized spacial score (nSPS) is 10.7. The van der Waals surface area contributed by atoms with Crippen molar-refractivity contribution in [3.8, 4) is 23.1 Å². The Morgan fingerprint density at radius 3 is 2.66 bits per heavy atom. The molecule has 0 aliphatic heterocycles. The van der Waals surface area contributed by atoms with E-state index in [1.54, 1.807) is 36.4 Å². The van der Waals surface area contributed by atoms with E-state index in [2.05, 4.69) is 15.5 Å². The largest absolute Gasteiger partial charge is 0.459 e. The van der Waals surface area contributed by atoms with Crippen LogP contribution in [0.1, 0.15) is 10.4 Å². The van der Waals surface area contributed by atoms with E-state index in [-0.39, 0.29) is 17.3 Å². The van der Waals surface area contributed by atoms with Gasteiger partial charge in [0.15, 0.2) is 5.76 Å². The van der Waals surface area contributed by atoms with Crippen molar-refractivity contribution in [3.63, 3.8) is 0 Å². The Morgan fingerprint density at radius 1 is 1.07 bits per heavy atom. The average molecular weight is 394 g/mol. The maximum Gasteiger partial charge on any atom is 0.283 e. The Morgan fingerprint density at radius 2 is 1.90 bits per heavy atom. The van der Waals surface area contributed by atoms with Gasteiger partial charge in [-0.1, -0.05) is 6.07 Å². The standard InChI is InChI=1S/C19H11FN4O5/c20-13-7-12(9-15(10-13)24(26)27)17(25)21-14-4-1-3-11(8-14)18-22-23-19(29-18)16-5-2-6-28-16/h1-10H,(H,21,25). The molecule has 0 atom stereocenters. The highest BCUT2D eigenvalue weighted by molar-refractivity contribution is 6.04. The molecule has 0 bridgehead atoms. The second kappa shape index (κ2) is 7.35. The fraction of sp³-hybridized carbons (Fsp3) is 0. The van der Waals surface area contributed by atoms with E-state index in [0.717, 1.165) is 18.2 Å². The van der Waals surface area contributed by atoms with Crippen molar-refractivity contribution in [2.24, 2.45) is 0 Å². The Bertz CT molecular complexity index is 1200. The molecule has 4 rings (SSSR count). The Kier molecular flexibility index (Phi) is 4.57. The van der Waals surface area contributed by atoms with Gasteiger partial charge >= 0.3 is 0 Å². The van der Waals surface area contributed by atoms with Crippen LogP contribution in [-0.4, -0.2) is 21.0 Å². The molecule has 0 aliphatic rings. The molecule has 0 unspecified atom stereocenters. The lowest BCUT2D eigenvalue weighted by Crippen LogP contribution is -2.12. The van der Waals surface area contributed by atoms with Crippen molar-refractivity contribution in [1.29, 1.82) is 0 Å². The molecule has 9 nitrogen and oxygen atoms in total. The number of halogens is 1. The van der Waals surface area contributed by atoms with Crippen LogP contribution in [0.4, 0.5) is 15.8 Å². The number of furan rings is 1. The monoisotopic (exact) mass is 394 g/mol. The van der Waals surface area contributed by atoms with Gasteiger partial charge in [-0.15, -0.1) is 10.2 Å². The zero-order chi connectivity index (χ0) is 20.4. The van der Waals surface area contributed by atoms with Gasteiger partial charge in [0.05, 0.1) is 17.3 Å². The molecule has 0 radical (unpaired) electrons. The summed E-state index contributed by atoms with van der Waals surface area (Å²) in [6.45, 7) is 0. The van der Waals surface area contributed by atoms with Crippen molar-refractivity contribution in [1.82, 2.24) is 10.2 Å². The van der Waals surface area contributed by atoms with E-state index in [9.17, 15) is 19.3 Å². The van der Waals surface area contributed by atoms with Gasteiger partial charge < -0.3 is 14.2 Å². The second-order valence-electron chi connectivity index (χ2n) is 5.88. The zero-order valence-corrected chi connectivity index (χ0v) is 14.5. The minimum Gasteiger partial charge on any atom is -0.459 e. The Labute approximate surface area is 161 Å². The predicted octanol–water partition coefficient (Wildman–Crippen LogP) is 4.30. The third-order valence-electron chi connectivity index (χ3n) is 3.88. The van der Waals surface area contributed by atoms with Gasteiger partial charge in [0.25, 0.3) is 17.5 Å². The number of rotatable bonds is 5. The van der Waals surface area contributed by atoms with Crippen LogP contribution in [0.25, 0.3) is 23.1 Å². The molecule has 1 amide bonds. The topological polar surface area (TPSA) is 124 Å². The predicted molar refractivity (Wildman–Crippen MR) is 98.4 cm³/mol. The lowest BCUT2D eigenvalue weighted by molar-refractivity contribution is -0.385. The average Bonchev–Trinajstić information content (AvgIpc) is 3.39. The number of carbonyl (C=O) groups is 1. The van der Waals surface area contributed by atoms with Crippen molar-refractivity contribution in [2.75, 3.05) is 5.32 Å². The molecule has 4 aromatic rings. The molecule has 29 heavy (non-hydrogen) atoms. The Hall–Kier alpha value is -4.34. The molecule has 0 fully saturated rings. The molecule has 144 valence electrons. The van der Waals surface area contributed by atoms with Crippen molar-refractivity contribution in [3.05, 3.63) is 82.4 Å². The van der Waals surface area contributed by atoms with Gasteiger partial charge in [0, 0.05) is 22.9 Å². The SMILES string of the molecule is O=C(Nc1cccc(-c2nnc(-c3ccco3)o2)c1)c1cc(F)cc([N+](=O)[O-])c1. The number of nitro groups is 1. The van der Waals surface area contributed by atoms with Crippen molar-refractivity contribution < 1.29 is 22.9 Å². The first-order valence-corrected chi connectivity index (χ1v) is 8.24. The molecule has 2 aromatic carbocycles. The summed E-state index contributed by atoms with van der Waals surface area (Å²) < 4.78 is 24.3. The smallest absolute Gasteiger partial charge is 0.283 e. The fourth-order valence-electron chi connectivity index (χ4n) is 2.58. The van der Waals surface area contributed by atoms with Crippen molar-refractivity contribution in [2.45, 2.75) is 0 Å².